The fraction of sp³-hybridized carbons (Fsp3) is 0. The van der Waals surface area contributed by atoms with Gasteiger partial charge in [0.2, 0.25) is 5.91 Å². The number of hydrogen-bond acceptors (Lipinski definition) is 3. The van der Waals surface area contributed by atoms with Crippen LogP contribution in [-0.2, 0) is 0 Å². The Bertz CT molecular complexity index is 797. The second-order valence-electron chi connectivity index (χ2n) is 4.32. The lowest BCUT2D eigenvalue weighted by atomic mass is 10.2. The lowest BCUT2D eigenvalue weighted by Gasteiger charge is -2.08. The molecule has 3 rings (SSSR count). The Hall–Kier alpha value is -2.53. The molecule has 0 aliphatic heterocycles. The third kappa shape index (κ3) is 2.31. The summed E-state index contributed by atoms with van der Waals surface area (Å²) in [5, 5.41) is 4.54. The van der Waals surface area contributed by atoms with E-state index in [1.165, 1.54) is 12.3 Å². The van der Waals surface area contributed by atoms with Crippen LogP contribution in [0, 0.1) is 0 Å². The molecule has 1 amide bonds. The van der Waals surface area contributed by atoms with Gasteiger partial charge in [-0.3, -0.25) is 4.79 Å². The number of halogens is 1. The number of carbonyl (C=O) groups excluding carboxylic acids is 1. The molecule has 0 spiro atoms. The predicted molar refractivity (Wildman–Crippen MR) is 79.3 cm³/mol. The van der Waals surface area contributed by atoms with E-state index in [1.54, 1.807) is 0 Å². The summed E-state index contributed by atoms with van der Waals surface area (Å²) in [5.41, 5.74) is 7.37. The van der Waals surface area contributed by atoms with Crippen molar-refractivity contribution in [2.75, 3.05) is 5.32 Å². The zero-order chi connectivity index (χ0) is 14.1. The van der Waals surface area contributed by atoms with Crippen LogP contribution in [0.1, 0.15) is 10.4 Å². The highest BCUT2D eigenvalue weighted by molar-refractivity contribution is 6.33. The molecule has 20 heavy (non-hydrogen) atoms. The summed E-state index contributed by atoms with van der Waals surface area (Å²) >= 11 is 6.08. The summed E-state index contributed by atoms with van der Waals surface area (Å²) in [4.78, 5) is 18.3. The van der Waals surface area contributed by atoms with Gasteiger partial charge in [-0.25, -0.2) is 4.98 Å². The van der Waals surface area contributed by atoms with Gasteiger partial charge >= 0.3 is 0 Å². The number of anilines is 2. The Morgan fingerprint density at radius 2 is 2.15 bits per heavy atom. The number of primary amides is 1. The molecule has 4 N–H and O–H groups in total. The van der Waals surface area contributed by atoms with Gasteiger partial charge in [-0.05, 0) is 30.3 Å². The standard InChI is InChI=1S/C14H11ClN4O/c15-11-6-9(13(16)20)7-18-14(11)19-10-1-2-12-8(5-10)3-4-17-12/h1-7,17H,(H2,16,20)(H,18,19). The number of nitrogens with two attached hydrogens (primary N) is 1. The number of H-pyrrole nitrogens is 1. The number of rotatable bonds is 3. The van der Waals surface area contributed by atoms with Crippen molar-refractivity contribution in [1.82, 2.24) is 9.97 Å². The third-order valence-corrected chi connectivity index (χ3v) is 3.23. The average Bonchev–Trinajstić information content (AvgIpc) is 2.88. The van der Waals surface area contributed by atoms with Crippen LogP contribution in [0.25, 0.3) is 10.9 Å². The van der Waals surface area contributed by atoms with E-state index >= 15 is 0 Å². The lowest BCUT2D eigenvalue weighted by molar-refractivity contribution is 0.1000. The van der Waals surface area contributed by atoms with Crippen LogP contribution in [-0.4, -0.2) is 15.9 Å². The Kier molecular flexibility index (Phi) is 3.04. The van der Waals surface area contributed by atoms with E-state index in [9.17, 15) is 4.79 Å². The SMILES string of the molecule is NC(=O)c1cnc(Nc2ccc3[nH]ccc3c2)c(Cl)c1. The molecule has 0 aliphatic carbocycles. The molecule has 0 aliphatic rings. The third-order valence-electron chi connectivity index (χ3n) is 2.94. The van der Waals surface area contributed by atoms with Gasteiger partial charge in [0.1, 0.15) is 5.82 Å². The van der Waals surface area contributed by atoms with Crippen LogP contribution in [0.3, 0.4) is 0 Å². The fourth-order valence-electron chi connectivity index (χ4n) is 1.93. The topological polar surface area (TPSA) is 83.8 Å². The Morgan fingerprint density at radius 1 is 1.30 bits per heavy atom. The Balaban J connectivity index is 1.92. The van der Waals surface area contributed by atoms with Crippen molar-refractivity contribution in [3.8, 4) is 0 Å². The molecule has 2 heterocycles. The van der Waals surface area contributed by atoms with Crippen LogP contribution >= 0.6 is 11.6 Å². The molecule has 0 saturated heterocycles. The van der Waals surface area contributed by atoms with Gasteiger partial charge in [0.25, 0.3) is 0 Å². The van der Waals surface area contributed by atoms with Crippen molar-refractivity contribution in [2.24, 2.45) is 5.73 Å². The van der Waals surface area contributed by atoms with Crippen molar-refractivity contribution in [2.45, 2.75) is 0 Å². The molecular formula is C14H11ClN4O. The smallest absolute Gasteiger partial charge is 0.250 e. The summed E-state index contributed by atoms with van der Waals surface area (Å²) in [6.45, 7) is 0. The number of amides is 1. The molecule has 0 fully saturated rings. The molecule has 0 bridgehead atoms. The fourth-order valence-corrected chi connectivity index (χ4v) is 2.15. The van der Waals surface area contributed by atoms with Gasteiger partial charge in [-0.2, -0.15) is 0 Å². The minimum absolute atomic E-state index is 0.279. The number of fused-ring (bicyclic) bond motifs is 1. The molecule has 0 atom stereocenters. The number of aromatic nitrogens is 2. The summed E-state index contributed by atoms with van der Waals surface area (Å²) in [7, 11) is 0. The number of pyridine rings is 1. The highest BCUT2D eigenvalue weighted by atomic mass is 35.5. The molecule has 2 aromatic heterocycles. The van der Waals surface area contributed by atoms with Gasteiger partial charge in [0, 0.05) is 29.0 Å². The molecule has 5 nitrogen and oxygen atoms in total. The quantitative estimate of drug-likeness (QED) is 0.692. The minimum atomic E-state index is -0.556. The number of nitrogens with one attached hydrogen (secondary N) is 2. The van der Waals surface area contributed by atoms with E-state index < -0.39 is 5.91 Å². The molecule has 6 heteroatoms. The molecule has 1 aromatic carbocycles. The van der Waals surface area contributed by atoms with Crippen LogP contribution in [0.4, 0.5) is 11.5 Å². The van der Waals surface area contributed by atoms with Crippen molar-refractivity contribution < 1.29 is 4.79 Å². The maximum Gasteiger partial charge on any atom is 0.250 e. The van der Waals surface area contributed by atoms with E-state index in [0.29, 0.717) is 10.8 Å². The van der Waals surface area contributed by atoms with E-state index in [-0.39, 0.29) is 5.56 Å². The van der Waals surface area contributed by atoms with Crippen LogP contribution in [0.5, 0.6) is 0 Å². The summed E-state index contributed by atoms with van der Waals surface area (Å²) < 4.78 is 0. The molecular weight excluding hydrogens is 276 g/mol. The van der Waals surface area contributed by atoms with Crippen molar-refractivity contribution in [3.05, 3.63) is 53.3 Å². The first-order valence-electron chi connectivity index (χ1n) is 5.93. The molecule has 0 saturated carbocycles. The molecule has 0 radical (unpaired) electrons. The second kappa shape index (κ2) is 4.86. The first-order chi connectivity index (χ1) is 9.63. The Morgan fingerprint density at radius 3 is 2.90 bits per heavy atom. The van der Waals surface area contributed by atoms with Gasteiger partial charge in [-0.1, -0.05) is 11.6 Å². The van der Waals surface area contributed by atoms with Gasteiger partial charge in [-0.15, -0.1) is 0 Å². The maximum atomic E-state index is 11.0. The number of benzene rings is 1. The van der Waals surface area contributed by atoms with E-state index in [4.69, 9.17) is 17.3 Å². The van der Waals surface area contributed by atoms with Gasteiger partial charge in [0.15, 0.2) is 0 Å². The van der Waals surface area contributed by atoms with E-state index in [0.717, 1.165) is 16.6 Å². The molecule has 0 unspecified atom stereocenters. The number of carbonyl (C=O) groups is 1. The number of aromatic amines is 1. The zero-order valence-corrected chi connectivity index (χ0v) is 11.1. The Labute approximate surface area is 119 Å². The largest absolute Gasteiger partial charge is 0.366 e. The van der Waals surface area contributed by atoms with Crippen molar-refractivity contribution >= 4 is 39.9 Å². The summed E-state index contributed by atoms with van der Waals surface area (Å²) in [5.74, 6) is -0.0776. The van der Waals surface area contributed by atoms with E-state index in [1.807, 2.05) is 30.5 Å². The monoisotopic (exact) mass is 286 g/mol. The number of hydrogen-bond donors (Lipinski definition) is 3. The highest BCUT2D eigenvalue weighted by Crippen LogP contribution is 2.25. The predicted octanol–water partition coefficient (Wildman–Crippen LogP) is 3.06. The van der Waals surface area contributed by atoms with Gasteiger partial charge in [0.05, 0.1) is 10.6 Å². The zero-order valence-electron chi connectivity index (χ0n) is 10.4. The number of nitrogens with zero attached hydrogens (tertiary/aromatic N) is 1. The molecule has 100 valence electrons. The maximum absolute atomic E-state index is 11.0. The van der Waals surface area contributed by atoms with Crippen molar-refractivity contribution in [1.29, 1.82) is 0 Å². The molecule has 3 aromatic rings. The normalized spacial score (nSPS) is 10.7. The minimum Gasteiger partial charge on any atom is -0.366 e. The first-order valence-corrected chi connectivity index (χ1v) is 6.31. The summed E-state index contributed by atoms with van der Waals surface area (Å²) in [6.07, 6.45) is 3.27. The van der Waals surface area contributed by atoms with Crippen molar-refractivity contribution in [3.63, 3.8) is 0 Å². The van der Waals surface area contributed by atoms with E-state index in [2.05, 4.69) is 15.3 Å². The van der Waals surface area contributed by atoms with Crippen LogP contribution < -0.4 is 11.1 Å². The lowest BCUT2D eigenvalue weighted by Crippen LogP contribution is -2.11. The van der Waals surface area contributed by atoms with Crippen LogP contribution in [0.15, 0.2) is 42.7 Å². The summed E-state index contributed by atoms with van der Waals surface area (Å²) in [6, 6.07) is 9.33. The van der Waals surface area contributed by atoms with Gasteiger partial charge < -0.3 is 16.0 Å². The van der Waals surface area contributed by atoms with Crippen LogP contribution in [0.2, 0.25) is 5.02 Å². The first kappa shape index (κ1) is 12.5. The highest BCUT2D eigenvalue weighted by Gasteiger charge is 2.07. The second-order valence-corrected chi connectivity index (χ2v) is 4.73. The average molecular weight is 287 g/mol.